The van der Waals surface area contributed by atoms with E-state index in [1.54, 1.807) is 0 Å². The molecule has 0 heterocycles. The van der Waals surface area contributed by atoms with Gasteiger partial charge in [-0.05, 0) is 64.1 Å². The SMILES string of the molecule is CC(C)NC(=S)N/N=C1/CCCCC1C1CCCCC1. The molecule has 0 aromatic heterocycles. The maximum Gasteiger partial charge on any atom is 0.187 e. The summed E-state index contributed by atoms with van der Waals surface area (Å²) in [6.07, 6.45) is 12.2. The standard InChI is InChI=1S/C16H29N3S/c1-12(2)17-16(20)19-18-15-11-7-6-10-14(15)13-8-4-3-5-9-13/h12-14H,3-11H2,1-2H3,(H2,17,19,20)/b18-15-. The number of hydrogen-bond donors (Lipinski definition) is 2. The summed E-state index contributed by atoms with van der Waals surface area (Å²) in [5, 5.41) is 8.50. The molecule has 4 heteroatoms. The molecule has 0 amide bonds. The first-order valence-electron chi connectivity index (χ1n) is 8.30. The Bertz CT molecular complexity index is 346. The van der Waals surface area contributed by atoms with Gasteiger partial charge in [0.2, 0.25) is 0 Å². The van der Waals surface area contributed by atoms with Crippen molar-refractivity contribution >= 4 is 23.0 Å². The van der Waals surface area contributed by atoms with Crippen molar-refractivity contribution in [2.75, 3.05) is 0 Å². The summed E-state index contributed by atoms with van der Waals surface area (Å²) < 4.78 is 0. The largest absolute Gasteiger partial charge is 0.359 e. The maximum absolute atomic E-state index is 5.26. The molecule has 1 atom stereocenters. The van der Waals surface area contributed by atoms with Crippen LogP contribution >= 0.6 is 12.2 Å². The van der Waals surface area contributed by atoms with E-state index >= 15 is 0 Å². The van der Waals surface area contributed by atoms with E-state index in [-0.39, 0.29) is 0 Å². The van der Waals surface area contributed by atoms with Gasteiger partial charge in [0.1, 0.15) is 0 Å². The first-order valence-corrected chi connectivity index (χ1v) is 8.70. The Morgan fingerprint density at radius 3 is 2.50 bits per heavy atom. The second kappa shape index (κ2) is 7.96. The Kier molecular flexibility index (Phi) is 6.27. The molecule has 0 aromatic carbocycles. The molecule has 2 saturated carbocycles. The molecule has 2 rings (SSSR count). The fourth-order valence-corrected chi connectivity index (χ4v) is 3.90. The van der Waals surface area contributed by atoms with Crippen LogP contribution in [0.2, 0.25) is 0 Å². The van der Waals surface area contributed by atoms with Gasteiger partial charge in [0.15, 0.2) is 5.11 Å². The number of rotatable bonds is 3. The summed E-state index contributed by atoms with van der Waals surface area (Å²) >= 11 is 5.26. The van der Waals surface area contributed by atoms with Crippen LogP contribution in [0.1, 0.15) is 71.6 Å². The highest BCUT2D eigenvalue weighted by Gasteiger charge is 2.29. The van der Waals surface area contributed by atoms with Gasteiger partial charge in [-0.1, -0.05) is 25.7 Å². The Morgan fingerprint density at radius 2 is 1.80 bits per heavy atom. The van der Waals surface area contributed by atoms with Gasteiger partial charge in [-0.25, -0.2) is 0 Å². The average molecular weight is 295 g/mol. The minimum atomic E-state index is 0.357. The van der Waals surface area contributed by atoms with Crippen LogP contribution in [0.4, 0.5) is 0 Å². The van der Waals surface area contributed by atoms with Gasteiger partial charge in [-0.3, -0.25) is 5.43 Å². The quantitative estimate of drug-likeness (QED) is 0.610. The lowest BCUT2D eigenvalue weighted by Gasteiger charge is -2.34. The van der Waals surface area contributed by atoms with Crippen molar-refractivity contribution in [3.8, 4) is 0 Å². The van der Waals surface area contributed by atoms with Crippen molar-refractivity contribution < 1.29 is 0 Å². The maximum atomic E-state index is 5.26. The van der Waals surface area contributed by atoms with Crippen LogP contribution in [0, 0.1) is 11.8 Å². The zero-order valence-electron chi connectivity index (χ0n) is 13.0. The Hall–Kier alpha value is -0.640. The number of hydrogen-bond acceptors (Lipinski definition) is 2. The van der Waals surface area contributed by atoms with E-state index in [0.29, 0.717) is 17.1 Å². The molecule has 0 aromatic rings. The van der Waals surface area contributed by atoms with E-state index in [2.05, 4.69) is 29.7 Å². The number of nitrogens with one attached hydrogen (secondary N) is 2. The summed E-state index contributed by atoms with van der Waals surface area (Å²) in [6, 6.07) is 0.357. The minimum Gasteiger partial charge on any atom is -0.359 e. The number of nitrogens with zero attached hydrogens (tertiary/aromatic N) is 1. The average Bonchev–Trinajstić information content (AvgIpc) is 2.46. The topological polar surface area (TPSA) is 36.4 Å². The first-order chi connectivity index (χ1) is 9.66. The molecule has 2 fully saturated rings. The van der Waals surface area contributed by atoms with E-state index < -0.39 is 0 Å². The third-order valence-electron chi connectivity index (χ3n) is 4.57. The van der Waals surface area contributed by atoms with Gasteiger partial charge in [-0.15, -0.1) is 0 Å². The molecular formula is C16H29N3S. The molecule has 0 radical (unpaired) electrons. The van der Waals surface area contributed by atoms with Crippen LogP contribution in [0.5, 0.6) is 0 Å². The van der Waals surface area contributed by atoms with E-state index in [4.69, 9.17) is 12.2 Å². The molecule has 0 aliphatic heterocycles. The van der Waals surface area contributed by atoms with E-state index in [0.717, 1.165) is 12.3 Å². The summed E-state index contributed by atoms with van der Waals surface area (Å²) in [6.45, 7) is 4.18. The fraction of sp³-hybridized carbons (Fsp3) is 0.875. The number of thiocarbonyl (C=S) groups is 1. The van der Waals surface area contributed by atoms with Gasteiger partial charge in [0, 0.05) is 17.7 Å². The van der Waals surface area contributed by atoms with Crippen LogP contribution in [-0.2, 0) is 0 Å². The third kappa shape index (κ3) is 4.72. The second-order valence-electron chi connectivity index (χ2n) is 6.59. The zero-order chi connectivity index (χ0) is 14.4. The lowest BCUT2D eigenvalue weighted by Crippen LogP contribution is -2.38. The van der Waals surface area contributed by atoms with Crippen molar-refractivity contribution in [3.05, 3.63) is 0 Å². The first kappa shape index (κ1) is 15.7. The molecule has 20 heavy (non-hydrogen) atoms. The van der Waals surface area contributed by atoms with Crippen molar-refractivity contribution in [1.29, 1.82) is 0 Å². The second-order valence-corrected chi connectivity index (χ2v) is 7.00. The predicted molar refractivity (Wildman–Crippen MR) is 90.0 cm³/mol. The van der Waals surface area contributed by atoms with Crippen LogP contribution in [0.3, 0.4) is 0 Å². The molecule has 0 spiro atoms. The molecule has 2 aliphatic carbocycles. The summed E-state index contributed by atoms with van der Waals surface area (Å²) in [5.41, 5.74) is 4.43. The third-order valence-corrected chi connectivity index (χ3v) is 4.77. The van der Waals surface area contributed by atoms with Gasteiger partial charge < -0.3 is 5.32 Å². The van der Waals surface area contributed by atoms with E-state index in [1.807, 2.05) is 0 Å². The smallest absolute Gasteiger partial charge is 0.187 e. The van der Waals surface area contributed by atoms with Gasteiger partial charge in [-0.2, -0.15) is 5.10 Å². The van der Waals surface area contributed by atoms with E-state index in [9.17, 15) is 0 Å². The van der Waals surface area contributed by atoms with Crippen molar-refractivity contribution in [3.63, 3.8) is 0 Å². The summed E-state index contributed by atoms with van der Waals surface area (Å²) in [4.78, 5) is 0. The lowest BCUT2D eigenvalue weighted by atomic mass is 9.72. The van der Waals surface area contributed by atoms with Crippen LogP contribution in [0.25, 0.3) is 0 Å². The molecule has 3 nitrogen and oxygen atoms in total. The molecule has 2 N–H and O–H groups in total. The lowest BCUT2D eigenvalue weighted by molar-refractivity contribution is 0.274. The zero-order valence-corrected chi connectivity index (χ0v) is 13.8. The molecular weight excluding hydrogens is 266 g/mol. The van der Waals surface area contributed by atoms with Crippen molar-refractivity contribution in [2.45, 2.75) is 77.7 Å². The normalized spacial score (nSPS) is 26.8. The molecule has 0 bridgehead atoms. The van der Waals surface area contributed by atoms with Crippen LogP contribution in [-0.4, -0.2) is 16.9 Å². The van der Waals surface area contributed by atoms with Gasteiger partial charge in [0.25, 0.3) is 0 Å². The fourth-order valence-electron chi connectivity index (χ4n) is 3.62. The van der Waals surface area contributed by atoms with Gasteiger partial charge in [0.05, 0.1) is 0 Å². The van der Waals surface area contributed by atoms with E-state index in [1.165, 1.54) is 57.1 Å². The summed E-state index contributed by atoms with van der Waals surface area (Å²) in [5.74, 6) is 1.58. The Morgan fingerprint density at radius 1 is 1.10 bits per heavy atom. The Balaban J connectivity index is 1.93. The Labute approximate surface area is 129 Å². The highest BCUT2D eigenvalue weighted by atomic mass is 32.1. The molecule has 114 valence electrons. The number of hydrazone groups is 1. The molecule has 1 unspecified atom stereocenters. The minimum absolute atomic E-state index is 0.357. The predicted octanol–water partition coefficient (Wildman–Crippen LogP) is 3.99. The van der Waals surface area contributed by atoms with Crippen LogP contribution < -0.4 is 10.7 Å². The highest BCUT2D eigenvalue weighted by Crippen LogP contribution is 2.36. The van der Waals surface area contributed by atoms with Crippen LogP contribution in [0.15, 0.2) is 5.10 Å². The molecule has 0 saturated heterocycles. The highest BCUT2D eigenvalue weighted by molar-refractivity contribution is 7.80. The monoisotopic (exact) mass is 295 g/mol. The van der Waals surface area contributed by atoms with Crippen molar-refractivity contribution in [2.24, 2.45) is 16.9 Å². The summed E-state index contributed by atoms with van der Waals surface area (Å²) in [7, 11) is 0. The molecule has 2 aliphatic rings. The van der Waals surface area contributed by atoms with Crippen molar-refractivity contribution in [1.82, 2.24) is 10.7 Å². The van der Waals surface area contributed by atoms with Gasteiger partial charge >= 0.3 is 0 Å².